The lowest BCUT2D eigenvalue weighted by Gasteiger charge is -2.10. The van der Waals surface area contributed by atoms with E-state index in [0.717, 1.165) is 5.56 Å². The highest BCUT2D eigenvalue weighted by Gasteiger charge is 2.14. The summed E-state index contributed by atoms with van der Waals surface area (Å²) in [6.45, 7) is 0.463. The van der Waals surface area contributed by atoms with E-state index in [9.17, 15) is 4.79 Å². The number of amides is 1. The molecule has 0 aliphatic carbocycles. The Labute approximate surface area is 126 Å². The Bertz CT molecular complexity index is 634. The third kappa shape index (κ3) is 3.25. The Morgan fingerprint density at radius 2 is 2.00 bits per heavy atom. The van der Waals surface area contributed by atoms with Gasteiger partial charge in [-0.25, -0.2) is 9.97 Å². The zero-order valence-electron chi connectivity index (χ0n) is 10.4. The first-order valence-corrected chi connectivity index (χ1v) is 6.64. The highest BCUT2D eigenvalue weighted by Crippen LogP contribution is 2.26. The van der Waals surface area contributed by atoms with Gasteiger partial charge in [0.2, 0.25) is 0 Å². The minimum atomic E-state index is -0.314. The molecular weight excluding hydrogens is 299 g/mol. The molecule has 0 unspecified atom stereocenters. The molecule has 0 aliphatic rings. The largest absolute Gasteiger partial charge is 0.330 e. The van der Waals surface area contributed by atoms with E-state index in [-0.39, 0.29) is 21.9 Å². The van der Waals surface area contributed by atoms with Gasteiger partial charge >= 0.3 is 0 Å². The Balaban J connectivity index is 2.26. The summed E-state index contributed by atoms with van der Waals surface area (Å²) in [5, 5.41) is 2.82. The molecule has 0 fully saturated rings. The van der Waals surface area contributed by atoms with Crippen LogP contribution in [0.4, 0.5) is 5.82 Å². The van der Waals surface area contributed by atoms with E-state index in [2.05, 4.69) is 15.3 Å². The average molecular weight is 311 g/mol. The second kappa shape index (κ2) is 6.65. The van der Waals surface area contributed by atoms with Gasteiger partial charge in [0, 0.05) is 5.56 Å². The van der Waals surface area contributed by atoms with Crippen LogP contribution in [0.5, 0.6) is 0 Å². The molecule has 0 saturated heterocycles. The van der Waals surface area contributed by atoms with Crippen LogP contribution in [-0.4, -0.2) is 22.4 Å². The van der Waals surface area contributed by atoms with Crippen molar-refractivity contribution in [3.05, 3.63) is 51.9 Å². The highest BCUT2D eigenvalue weighted by molar-refractivity contribution is 6.43. The molecule has 3 N–H and O–H groups in total. The topological polar surface area (TPSA) is 80.9 Å². The molecule has 104 valence electrons. The number of benzene rings is 1. The number of halogens is 2. The lowest BCUT2D eigenvalue weighted by atomic mass is 10.0. The van der Waals surface area contributed by atoms with Crippen LogP contribution in [0.15, 0.2) is 30.6 Å². The molecule has 0 spiro atoms. The summed E-state index contributed by atoms with van der Waals surface area (Å²) < 4.78 is 0. The summed E-state index contributed by atoms with van der Waals surface area (Å²) in [6.07, 6.45) is 1.84. The fourth-order valence-corrected chi connectivity index (χ4v) is 2.00. The van der Waals surface area contributed by atoms with Gasteiger partial charge in [0.1, 0.15) is 11.3 Å². The SMILES string of the molecule is NCCc1ccccc1C(=O)Nc1ncnc(Cl)c1Cl. The molecule has 0 bridgehead atoms. The average Bonchev–Trinajstić information content (AvgIpc) is 2.45. The number of carbonyl (C=O) groups is 1. The Morgan fingerprint density at radius 3 is 2.75 bits per heavy atom. The van der Waals surface area contributed by atoms with Crippen molar-refractivity contribution in [1.82, 2.24) is 9.97 Å². The summed E-state index contributed by atoms with van der Waals surface area (Å²) >= 11 is 11.7. The highest BCUT2D eigenvalue weighted by atomic mass is 35.5. The molecule has 1 aromatic carbocycles. The van der Waals surface area contributed by atoms with Crippen LogP contribution < -0.4 is 11.1 Å². The van der Waals surface area contributed by atoms with Gasteiger partial charge < -0.3 is 11.1 Å². The third-order valence-electron chi connectivity index (χ3n) is 2.65. The molecule has 0 atom stereocenters. The molecule has 0 radical (unpaired) electrons. The molecule has 0 aliphatic heterocycles. The van der Waals surface area contributed by atoms with Crippen LogP contribution in [0.25, 0.3) is 0 Å². The number of anilines is 1. The van der Waals surface area contributed by atoms with E-state index < -0.39 is 0 Å². The Hall–Kier alpha value is -1.69. The van der Waals surface area contributed by atoms with Crippen molar-refractivity contribution in [3.63, 3.8) is 0 Å². The maximum atomic E-state index is 12.3. The number of rotatable bonds is 4. The minimum absolute atomic E-state index is 0.0900. The maximum absolute atomic E-state index is 12.3. The van der Waals surface area contributed by atoms with Crippen LogP contribution in [0, 0.1) is 0 Å². The fraction of sp³-hybridized carbons (Fsp3) is 0.154. The predicted molar refractivity (Wildman–Crippen MR) is 79.2 cm³/mol. The molecule has 2 rings (SSSR count). The third-order valence-corrected chi connectivity index (χ3v) is 3.40. The van der Waals surface area contributed by atoms with E-state index in [0.29, 0.717) is 18.5 Å². The van der Waals surface area contributed by atoms with E-state index in [1.807, 2.05) is 12.1 Å². The summed E-state index contributed by atoms with van der Waals surface area (Å²) in [5.74, 6) is -0.134. The molecule has 1 aromatic heterocycles. The number of nitrogens with one attached hydrogen (secondary N) is 1. The van der Waals surface area contributed by atoms with E-state index in [1.165, 1.54) is 6.33 Å². The van der Waals surface area contributed by atoms with Gasteiger partial charge in [-0.1, -0.05) is 41.4 Å². The first-order chi connectivity index (χ1) is 9.63. The van der Waals surface area contributed by atoms with Gasteiger partial charge in [-0.05, 0) is 24.6 Å². The van der Waals surface area contributed by atoms with Crippen LogP contribution in [-0.2, 0) is 6.42 Å². The van der Waals surface area contributed by atoms with Crippen molar-refractivity contribution in [2.75, 3.05) is 11.9 Å². The fourth-order valence-electron chi connectivity index (χ4n) is 1.73. The van der Waals surface area contributed by atoms with E-state index in [1.54, 1.807) is 12.1 Å². The maximum Gasteiger partial charge on any atom is 0.257 e. The first kappa shape index (κ1) is 14.7. The van der Waals surface area contributed by atoms with Gasteiger partial charge in [0.05, 0.1) is 0 Å². The van der Waals surface area contributed by atoms with Crippen molar-refractivity contribution in [3.8, 4) is 0 Å². The smallest absolute Gasteiger partial charge is 0.257 e. The van der Waals surface area contributed by atoms with Gasteiger partial charge in [-0.2, -0.15) is 0 Å². The standard InChI is InChI=1S/C13H12Cl2N4O/c14-10-11(15)17-7-18-12(10)19-13(20)9-4-2-1-3-8(9)5-6-16/h1-4,7H,5-6,16H2,(H,17,18,19,20). The molecule has 1 amide bonds. The quantitative estimate of drug-likeness (QED) is 0.850. The molecular formula is C13H12Cl2N4O. The monoisotopic (exact) mass is 310 g/mol. The van der Waals surface area contributed by atoms with Crippen molar-refractivity contribution in [1.29, 1.82) is 0 Å². The number of hydrogen-bond donors (Lipinski definition) is 2. The van der Waals surface area contributed by atoms with Crippen LogP contribution in [0.3, 0.4) is 0 Å². The van der Waals surface area contributed by atoms with Crippen molar-refractivity contribution >= 4 is 34.9 Å². The van der Waals surface area contributed by atoms with Crippen molar-refractivity contribution in [2.45, 2.75) is 6.42 Å². The first-order valence-electron chi connectivity index (χ1n) is 5.88. The zero-order valence-corrected chi connectivity index (χ0v) is 11.9. The second-order valence-electron chi connectivity index (χ2n) is 3.98. The van der Waals surface area contributed by atoms with E-state index >= 15 is 0 Å². The summed E-state index contributed by atoms with van der Waals surface area (Å²) in [4.78, 5) is 19.9. The molecule has 0 saturated carbocycles. The second-order valence-corrected chi connectivity index (χ2v) is 4.71. The number of carbonyl (C=O) groups excluding carboxylic acids is 1. The molecule has 5 nitrogen and oxygen atoms in total. The summed E-state index contributed by atoms with van der Waals surface area (Å²) in [7, 11) is 0. The van der Waals surface area contributed by atoms with Crippen molar-refractivity contribution < 1.29 is 4.79 Å². The molecule has 20 heavy (non-hydrogen) atoms. The molecule has 2 aromatic rings. The Morgan fingerprint density at radius 1 is 1.25 bits per heavy atom. The lowest BCUT2D eigenvalue weighted by Crippen LogP contribution is -2.17. The number of nitrogens with two attached hydrogens (primary N) is 1. The zero-order chi connectivity index (χ0) is 14.5. The molecule has 7 heteroatoms. The normalized spacial score (nSPS) is 10.3. The summed E-state index contributed by atoms with van der Waals surface area (Å²) in [5.41, 5.74) is 6.93. The van der Waals surface area contributed by atoms with Gasteiger partial charge in [0.25, 0.3) is 5.91 Å². The Kier molecular flexibility index (Phi) is 4.89. The van der Waals surface area contributed by atoms with Crippen LogP contribution >= 0.6 is 23.2 Å². The van der Waals surface area contributed by atoms with Gasteiger partial charge in [-0.15, -0.1) is 0 Å². The number of hydrogen-bond acceptors (Lipinski definition) is 4. The van der Waals surface area contributed by atoms with Crippen LogP contribution in [0.1, 0.15) is 15.9 Å². The number of aromatic nitrogens is 2. The molecule has 1 heterocycles. The lowest BCUT2D eigenvalue weighted by molar-refractivity contribution is 0.102. The minimum Gasteiger partial charge on any atom is -0.330 e. The van der Waals surface area contributed by atoms with Gasteiger partial charge in [-0.3, -0.25) is 4.79 Å². The van der Waals surface area contributed by atoms with Crippen LogP contribution in [0.2, 0.25) is 10.2 Å². The summed E-state index contributed by atoms with van der Waals surface area (Å²) in [6, 6.07) is 7.22. The van der Waals surface area contributed by atoms with E-state index in [4.69, 9.17) is 28.9 Å². The van der Waals surface area contributed by atoms with Gasteiger partial charge in [0.15, 0.2) is 11.0 Å². The number of nitrogens with zero attached hydrogens (tertiary/aromatic N) is 2. The van der Waals surface area contributed by atoms with Crippen molar-refractivity contribution in [2.24, 2.45) is 5.73 Å². The predicted octanol–water partition coefficient (Wildman–Crippen LogP) is 2.54.